The average molecular weight is 297 g/mol. The Kier molecular flexibility index (Phi) is 3.99. The minimum Gasteiger partial charge on any atom is -0.479 e. The molecule has 0 aliphatic carbocycles. The van der Waals surface area contributed by atoms with E-state index in [0.29, 0.717) is 22.3 Å². The first kappa shape index (κ1) is 14.4. The Morgan fingerprint density at radius 1 is 1.40 bits per heavy atom. The Bertz CT molecular complexity index is 719. The van der Waals surface area contributed by atoms with Crippen LogP contribution in [-0.2, 0) is 9.53 Å². The van der Waals surface area contributed by atoms with E-state index in [9.17, 15) is 9.59 Å². The highest BCUT2D eigenvalue weighted by atomic mass is 35.5. The summed E-state index contributed by atoms with van der Waals surface area (Å²) in [7, 11) is 1.29. The molecule has 0 N–H and O–H groups in total. The van der Waals surface area contributed by atoms with Gasteiger partial charge in [0.25, 0.3) is 0 Å². The number of methoxy groups -OCH3 is 1. The monoisotopic (exact) mass is 296 g/mol. The number of esters is 1. The van der Waals surface area contributed by atoms with Crippen LogP contribution in [0.5, 0.6) is 5.75 Å². The van der Waals surface area contributed by atoms with Gasteiger partial charge >= 0.3 is 5.97 Å². The lowest BCUT2D eigenvalue weighted by atomic mass is 10.1. The van der Waals surface area contributed by atoms with Crippen LogP contribution < -0.4 is 10.2 Å². The molecule has 0 bridgehead atoms. The lowest BCUT2D eigenvalue weighted by Gasteiger charge is -2.14. The third kappa shape index (κ3) is 2.49. The molecule has 0 aliphatic heterocycles. The molecule has 0 saturated heterocycles. The Labute approximate surface area is 120 Å². The molecule has 1 atom stereocenters. The van der Waals surface area contributed by atoms with Crippen molar-refractivity contribution in [2.75, 3.05) is 7.11 Å². The van der Waals surface area contributed by atoms with E-state index in [1.54, 1.807) is 26.0 Å². The third-order valence-corrected chi connectivity index (χ3v) is 3.20. The standard InChI is InChI=1S/C14H13ClO5/c1-7-11(20-8(2)14(17)18-3)5-4-9-12(16)10(15)6-19-13(7)9/h4-6,8H,1-3H3. The summed E-state index contributed by atoms with van der Waals surface area (Å²) in [5.74, 6) is -0.0390. The van der Waals surface area contributed by atoms with Crippen molar-refractivity contribution in [3.05, 3.63) is 39.2 Å². The van der Waals surface area contributed by atoms with Crippen molar-refractivity contribution in [2.45, 2.75) is 20.0 Å². The van der Waals surface area contributed by atoms with E-state index in [1.807, 2.05) is 0 Å². The second kappa shape index (κ2) is 5.54. The number of carbonyl (C=O) groups excluding carboxylic acids is 1. The summed E-state index contributed by atoms with van der Waals surface area (Å²) >= 11 is 5.73. The molecule has 2 rings (SSSR count). The number of halogens is 1. The largest absolute Gasteiger partial charge is 0.479 e. The lowest BCUT2D eigenvalue weighted by Crippen LogP contribution is -2.25. The van der Waals surface area contributed by atoms with Crippen molar-refractivity contribution in [1.29, 1.82) is 0 Å². The Balaban J connectivity index is 2.48. The SMILES string of the molecule is COC(=O)C(C)Oc1ccc2c(=O)c(Cl)coc2c1C. The molecule has 0 saturated carbocycles. The van der Waals surface area contributed by atoms with E-state index in [1.165, 1.54) is 13.4 Å². The summed E-state index contributed by atoms with van der Waals surface area (Å²) in [5.41, 5.74) is 0.699. The van der Waals surface area contributed by atoms with E-state index < -0.39 is 12.1 Å². The van der Waals surface area contributed by atoms with Crippen molar-refractivity contribution in [1.82, 2.24) is 0 Å². The van der Waals surface area contributed by atoms with Crippen LogP contribution in [0.3, 0.4) is 0 Å². The van der Waals surface area contributed by atoms with Gasteiger partial charge in [-0.2, -0.15) is 0 Å². The van der Waals surface area contributed by atoms with Crippen LogP contribution in [0.25, 0.3) is 11.0 Å². The second-order valence-electron chi connectivity index (χ2n) is 4.26. The van der Waals surface area contributed by atoms with Crippen LogP contribution >= 0.6 is 11.6 Å². The highest BCUT2D eigenvalue weighted by Crippen LogP contribution is 2.27. The Morgan fingerprint density at radius 2 is 2.10 bits per heavy atom. The summed E-state index contributed by atoms with van der Waals surface area (Å²) in [6.45, 7) is 3.31. The fourth-order valence-electron chi connectivity index (χ4n) is 1.83. The topological polar surface area (TPSA) is 65.7 Å². The summed E-state index contributed by atoms with van der Waals surface area (Å²) in [4.78, 5) is 23.2. The van der Waals surface area contributed by atoms with Gasteiger partial charge in [0.1, 0.15) is 22.6 Å². The molecule has 1 unspecified atom stereocenters. The van der Waals surface area contributed by atoms with Crippen molar-refractivity contribution in [2.24, 2.45) is 0 Å². The molecular formula is C14H13ClO5. The zero-order valence-corrected chi connectivity index (χ0v) is 12.0. The van der Waals surface area contributed by atoms with Crippen molar-refractivity contribution < 1.29 is 18.7 Å². The lowest BCUT2D eigenvalue weighted by molar-refractivity contribution is -0.147. The van der Waals surface area contributed by atoms with Gasteiger partial charge in [-0.3, -0.25) is 4.79 Å². The molecule has 1 heterocycles. The number of rotatable bonds is 3. The predicted molar refractivity (Wildman–Crippen MR) is 74.3 cm³/mol. The van der Waals surface area contributed by atoms with Crippen LogP contribution in [0.15, 0.2) is 27.6 Å². The normalized spacial score (nSPS) is 12.2. The maximum atomic E-state index is 11.9. The van der Waals surface area contributed by atoms with Gasteiger partial charge in [-0.05, 0) is 26.0 Å². The number of hydrogen-bond acceptors (Lipinski definition) is 5. The van der Waals surface area contributed by atoms with Crippen LogP contribution in [0.2, 0.25) is 5.02 Å². The van der Waals surface area contributed by atoms with E-state index in [-0.39, 0.29) is 10.5 Å². The third-order valence-electron chi connectivity index (χ3n) is 2.93. The van der Waals surface area contributed by atoms with E-state index in [2.05, 4.69) is 4.74 Å². The van der Waals surface area contributed by atoms with E-state index in [0.717, 1.165) is 0 Å². The number of fused-ring (bicyclic) bond motifs is 1. The molecule has 106 valence electrons. The highest BCUT2D eigenvalue weighted by molar-refractivity contribution is 6.30. The molecule has 6 heteroatoms. The van der Waals surface area contributed by atoms with Crippen molar-refractivity contribution in [3.63, 3.8) is 0 Å². The maximum absolute atomic E-state index is 11.9. The van der Waals surface area contributed by atoms with Gasteiger partial charge in [-0.25, -0.2) is 4.79 Å². The molecule has 2 aromatic rings. The van der Waals surface area contributed by atoms with E-state index >= 15 is 0 Å². The van der Waals surface area contributed by atoms with Gasteiger partial charge in [0.15, 0.2) is 6.10 Å². The number of ether oxygens (including phenoxy) is 2. The summed E-state index contributed by atoms with van der Waals surface area (Å²) in [5, 5.41) is 0.390. The minimum atomic E-state index is -0.754. The molecular weight excluding hydrogens is 284 g/mol. The molecule has 0 fully saturated rings. The first-order valence-electron chi connectivity index (χ1n) is 5.90. The van der Waals surface area contributed by atoms with Crippen molar-refractivity contribution >= 4 is 28.5 Å². The molecule has 1 aromatic heterocycles. The van der Waals surface area contributed by atoms with Gasteiger partial charge in [0, 0.05) is 5.56 Å². The van der Waals surface area contributed by atoms with Gasteiger partial charge in [-0.1, -0.05) is 11.6 Å². The number of aryl methyl sites for hydroxylation is 1. The summed E-state index contributed by atoms with van der Waals surface area (Å²) in [6.07, 6.45) is 0.433. The highest BCUT2D eigenvalue weighted by Gasteiger charge is 2.18. The van der Waals surface area contributed by atoms with E-state index in [4.69, 9.17) is 20.8 Å². The fourth-order valence-corrected chi connectivity index (χ4v) is 1.98. The average Bonchev–Trinajstić information content (AvgIpc) is 2.44. The minimum absolute atomic E-state index is 0.0218. The summed E-state index contributed by atoms with van der Waals surface area (Å²) < 4.78 is 15.4. The van der Waals surface area contributed by atoms with Gasteiger partial charge in [0.05, 0.1) is 12.5 Å². The fraction of sp³-hybridized carbons (Fsp3) is 0.286. The van der Waals surface area contributed by atoms with Crippen molar-refractivity contribution in [3.8, 4) is 5.75 Å². The van der Waals surface area contributed by atoms with Gasteiger partial charge in [0.2, 0.25) is 5.43 Å². The van der Waals surface area contributed by atoms with Gasteiger partial charge < -0.3 is 13.9 Å². The molecule has 0 spiro atoms. The van der Waals surface area contributed by atoms with Crippen LogP contribution in [0, 0.1) is 6.92 Å². The van der Waals surface area contributed by atoms with Crippen LogP contribution in [0.4, 0.5) is 0 Å². The zero-order chi connectivity index (χ0) is 14.9. The number of hydrogen-bond donors (Lipinski definition) is 0. The van der Waals surface area contributed by atoms with Crippen LogP contribution in [0.1, 0.15) is 12.5 Å². The maximum Gasteiger partial charge on any atom is 0.346 e. The first-order chi connectivity index (χ1) is 9.45. The quantitative estimate of drug-likeness (QED) is 0.815. The number of benzene rings is 1. The van der Waals surface area contributed by atoms with Gasteiger partial charge in [-0.15, -0.1) is 0 Å². The molecule has 1 aromatic carbocycles. The molecule has 5 nitrogen and oxygen atoms in total. The van der Waals surface area contributed by atoms with Crippen LogP contribution in [-0.4, -0.2) is 19.2 Å². The molecule has 0 radical (unpaired) electrons. The molecule has 0 amide bonds. The molecule has 20 heavy (non-hydrogen) atoms. The number of carbonyl (C=O) groups is 1. The smallest absolute Gasteiger partial charge is 0.346 e. The zero-order valence-electron chi connectivity index (χ0n) is 11.2. The Morgan fingerprint density at radius 3 is 2.75 bits per heavy atom. The first-order valence-corrected chi connectivity index (χ1v) is 6.28. The predicted octanol–water partition coefficient (Wildman–Crippen LogP) is 2.70. The second-order valence-corrected chi connectivity index (χ2v) is 4.67. The summed E-state index contributed by atoms with van der Waals surface area (Å²) in [6, 6.07) is 3.16. The molecule has 0 aliphatic rings. The Hall–Kier alpha value is -2.01.